The maximum atomic E-state index is 13.0. The van der Waals surface area contributed by atoms with Gasteiger partial charge in [-0.25, -0.2) is 12.8 Å². The summed E-state index contributed by atoms with van der Waals surface area (Å²) < 4.78 is 36.6. The van der Waals surface area contributed by atoms with Crippen LogP contribution >= 0.6 is 0 Å². The molecular formula is C10H12FNO4S. The predicted octanol–water partition coefficient (Wildman–Crippen LogP) is 0.985. The van der Waals surface area contributed by atoms with Crippen LogP contribution in [0.15, 0.2) is 18.2 Å². The molecule has 0 bridgehead atoms. The molecule has 94 valence electrons. The molecule has 5 nitrogen and oxygen atoms in total. The SMILES string of the molecule is Cc1cc(N(CC(=O)O)S(C)(=O)=O)ccc1F. The van der Waals surface area contributed by atoms with Crippen molar-refractivity contribution >= 4 is 21.7 Å². The quantitative estimate of drug-likeness (QED) is 0.876. The summed E-state index contributed by atoms with van der Waals surface area (Å²) in [5.74, 6) is -1.75. The van der Waals surface area contributed by atoms with E-state index < -0.39 is 28.4 Å². The zero-order valence-corrected chi connectivity index (χ0v) is 10.2. The molecule has 0 fully saturated rings. The fourth-order valence-corrected chi connectivity index (χ4v) is 2.15. The standard InChI is InChI=1S/C10H12FNO4S/c1-7-5-8(3-4-9(7)11)12(6-10(13)14)17(2,15)16/h3-5H,6H2,1-2H3,(H,13,14). The van der Waals surface area contributed by atoms with Crippen LogP contribution in [0.4, 0.5) is 10.1 Å². The highest BCUT2D eigenvalue weighted by atomic mass is 32.2. The van der Waals surface area contributed by atoms with Gasteiger partial charge in [0.05, 0.1) is 11.9 Å². The Morgan fingerprint density at radius 3 is 2.47 bits per heavy atom. The molecule has 0 amide bonds. The average Bonchev–Trinajstić information content (AvgIpc) is 2.17. The third-order valence-electron chi connectivity index (χ3n) is 2.11. The first-order valence-corrected chi connectivity index (χ1v) is 6.52. The van der Waals surface area contributed by atoms with E-state index in [0.29, 0.717) is 4.31 Å². The molecular weight excluding hydrogens is 249 g/mol. The molecule has 0 saturated heterocycles. The third-order valence-corrected chi connectivity index (χ3v) is 3.25. The van der Waals surface area contributed by atoms with Crippen molar-refractivity contribution in [1.82, 2.24) is 0 Å². The topological polar surface area (TPSA) is 74.7 Å². The molecule has 0 saturated carbocycles. The van der Waals surface area contributed by atoms with Crippen LogP contribution in [0.3, 0.4) is 0 Å². The molecule has 0 aliphatic heterocycles. The van der Waals surface area contributed by atoms with Crippen molar-refractivity contribution in [2.45, 2.75) is 6.92 Å². The van der Waals surface area contributed by atoms with Gasteiger partial charge in [-0.2, -0.15) is 0 Å². The maximum Gasteiger partial charge on any atom is 0.324 e. The molecule has 0 spiro atoms. The molecule has 1 N–H and O–H groups in total. The Morgan fingerprint density at radius 2 is 2.06 bits per heavy atom. The summed E-state index contributed by atoms with van der Waals surface area (Å²) in [5, 5.41) is 8.65. The van der Waals surface area contributed by atoms with E-state index in [1.54, 1.807) is 0 Å². The van der Waals surface area contributed by atoms with E-state index in [1.807, 2.05) is 0 Å². The van der Waals surface area contributed by atoms with Gasteiger partial charge in [0.25, 0.3) is 0 Å². The number of aryl methyl sites for hydroxylation is 1. The molecule has 0 aliphatic carbocycles. The van der Waals surface area contributed by atoms with Crippen LogP contribution in [0, 0.1) is 12.7 Å². The number of hydrogen-bond donors (Lipinski definition) is 1. The molecule has 17 heavy (non-hydrogen) atoms. The predicted molar refractivity (Wildman–Crippen MR) is 61.0 cm³/mol. The monoisotopic (exact) mass is 261 g/mol. The molecule has 0 unspecified atom stereocenters. The van der Waals surface area contributed by atoms with Gasteiger partial charge in [0.2, 0.25) is 10.0 Å². The molecule has 0 radical (unpaired) electrons. The number of aliphatic carboxylic acids is 1. The Kier molecular flexibility index (Phi) is 3.72. The smallest absolute Gasteiger partial charge is 0.324 e. The molecule has 1 rings (SSSR count). The van der Waals surface area contributed by atoms with Gasteiger partial charge in [0.1, 0.15) is 12.4 Å². The molecule has 1 aromatic carbocycles. The lowest BCUT2D eigenvalue weighted by molar-refractivity contribution is -0.135. The number of benzene rings is 1. The Balaban J connectivity index is 3.22. The molecule has 7 heteroatoms. The number of hydrogen-bond acceptors (Lipinski definition) is 3. The van der Waals surface area contributed by atoms with E-state index in [9.17, 15) is 17.6 Å². The Morgan fingerprint density at radius 1 is 1.47 bits per heavy atom. The highest BCUT2D eigenvalue weighted by Crippen LogP contribution is 2.20. The minimum Gasteiger partial charge on any atom is -0.480 e. The van der Waals surface area contributed by atoms with Crippen molar-refractivity contribution in [3.63, 3.8) is 0 Å². The van der Waals surface area contributed by atoms with Gasteiger partial charge < -0.3 is 5.11 Å². The van der Waals surface area contributed by atoms with E-state index in [0.717, 1.165) is 12.3 Å². The lowest BCUT2D eigenvalue weighted by atomic mass is 10.2. The number of carboxylic acids is 1. The van der Waals surface area contributed by atoms with Gasteiger partial charge in [-0.05, 0) is 30.7 Å². The Labute approximate surface area is 98.5 Å². The van der Waals surface area contributed by atoms with Crippen molar-refractivity contribution < 1.29 is 22.7 Å². The highest BCUT2D eigenvalue weighted by molar-refractivity contribution is 7.92. The van der Waals surface area contributed by atoms with Gasteiger partial charge in [0, 0.05) is 0 Å². The van der Waals surface area contributed by atoms with Crippen molar-refractivity contribution in [2.75, 3.05) is 17.1 Å². The first-order valence-electron chi connectivity index (χ1n) is 4.67. The average molecular weight is 261 g/mol. The fourth-order valence-electron chi connectivity index (χ4n) is 1.31. The first kappa shape index (κ1) is 13.4. The largest absolute Gasteiger partial charge is 0.480 e. The van der Waals surface area contributed by atoms with Crippen LogP contribution in [0.2, 0.25) is 0 Å². The number of sulfonamides is 1. The summed E-state index contributed by atoms with van der Waals surface area (Å²) >= 11 is 0. The van der Waals surface area contributed by atoms with Crippen LogP contribution < -0.4 is 4.31 Å². The molecule has 0 atom stereocenters. The Bertz CT molecular complexity index is 541. The van der Waals surface area contributed by atoms with Crippen molar-refractivity contribution in [3.8, 4) is 0 Å². The summed E-state index contributed by atoms with van der Waals surface area (Å²) in [6, 6.07) is 3.62. The van der Waals surface area contributed by atoms with Crippen LogP contribution in [0.1, 0.15) is 5.56 Å². The zero-order valence-electron chi connectivity index (χ0n) is 9.34. The third kappa shape index (κ3) is 3.42. The van der Waals surface area contributed by atoms with Gasteiger partial charge in [0.15, 0.2) is 0 Å². The molecule has 0 heterocycles. The van der Waals surface area contributed by atoms with Crippen molar-refractivity contribution in [1.29, 1.82) is 0 Å². The summed E-state index contributed by atoms with van der Waals surface area (Å²) in [7, 11) is -3.71. The molecule has 0 aliphatic rings. The molecule has 0 aromatic heterocycles. The first-order chi connectivity index (χ1) is 7.71. The number of halogens is 1. The lowest BCUT2D eigenvalue weighted by Crippen LogP contribution is -2.34. The maximum absolute atomic E-state index is 13.0. The molecule has 1 aromatic rings. The summed E-state index contributed by atoms with van der Waals surface area (Å²) in [5.41, 5.74) is 0.385. The second kappa shape index (κ2) is 4.70. The van der Waals surface area contributed by atoms with Crippen LogP contribution in [-0.4, -0.2) is 32.3 Å². The van der Waals surface area contributed by atoms with Gasteiger partial charge in [-0.15, -0.1) is 0 Å². The van der Waals surface area contributed by atoms with Gasteiger partial charge in [-0.3, -0.25) is 9.10 Å². The van der Waals surface area contributed by atoms with E-state index in [1.165, 1.54) is 19.1 Å². The number of rotatable bonds is 4. The lowest BCUT2D eigenvalue weighted by Gasteiger charge is -2.20. The number of nitrogens with zero attached hydrogens (tertiary/aromatic N) is 1. The summed E-state index contributed by atoms with van der Waals surface area (Å²) in [6.45, 7) is 0.782. The van der Waals surface area contributed by atoms with Crippen LogP contribution in [-0.2, 0) is 14.8 Å². The summed E-state index contributed by atoms with van der Waals surface area (Å²) in [6.07, 6.45) is 0.897. The van der Waals surface area contributed by atoms with E-state index in [-0.39, 0.29) is 11.3 Å². The Hall–Kier alpha value is -1.63. The fraction of sp³-hybridized carbons (Fsp3) is 0.300. The van der Waals surface area contributed by atoms with Crippen molar-refractivity contribution in [3.05, 3.63) is 29.6 Å². The number of anilines is 1. The van der Waals surface area contributed by atoms with Gasteiger partial charge >= 0.3 is 5.97 Å². The normalized spacial score (nSPS) is 11.2. The van der Waals surface area contributed by atoms with E-state index in [2.05, 4.69) is 0 Å². The van der Waals surface area contributed by atoms with Crippen molar-refractivity contribution in [2.24, 2.45) is 0 Å². The minimum atomic E-state index is -3.71. The number of carboxylic acid groups (broad SMARTS) is 1. The van der Waals surface area contributed by atoms with Crippen LogP contribution in [0.25, 0.3) is 0 Å². The second-order valence-electron chi connectivity index (χ2n) is 3.60. The highest BCUT2D eigenvalue weighted by Gasteiger charge is 2.20. The van der Waals surface area contributed by atoms with E-state index >= 15 is 0 Å². The zero-order chi connectivity index (χ0) is 13.2. The second-order valence-corrected chi connectivity index (χ2v) is 5.50. The van der Waals surface area contributed by atoms with E-state index in [4.69, 9.17) is 5.11 Å². The van der Waals surface area contributed by atoms with Crippen LogP contribution in [0.5, 0.6) is 0 Å². The summed E-state index contributed by atoms with van der Waals surface area (Å²) in [4.78, 5) is 10.6. The van der Waals surface area contributed by atoms with Gasteiger partial charge in [-0.1, -0.05) is 0 Å². The number of carbonyl (C=O) groups is 1. The minimum absolute atomic E-state index is 0.133.